The Hall–Kier alpha value is -1.85. The largest absolute Gasteiger partial charge is 0.481 e. The number of aryl methyl sites for hydroxylation is 1. The van der Waals surface area contributed by atoms with E-state index in [1.54, 1.807) is 19.4 Å². The Kier molecular flexibility index (Phi) is 3.59. The maximum atomic E-state index is 12.0. The first-order valence-corrected chi connectivity index (χ1v) is 6.50. The van der Waals surface area contributed by atoms with E-state index in [-0.39, 0.29) is 5.56 Å². The average molecular weight is 265 g/mol. The van der Waals surface area contributed by atoms with E-state index in [0.29, 0.717) is 31.7 Å². The quantitative estimate of drug-likeness (QED) is 0.877. The molecule has 2 heterocycles. The molecule has 0 amide bonds. The molecule has 1 unspecified atom stereocenters. The summed E-state index contributed by atoms with van der Waals surface area (Å²) in [6.07, 6.45) is 5.15. The van der Waals surface area contributed by atoms with Crippen LogP contribution in [0.2, 0.25) is 0 Å². The van der Waals surface area contributed by atoms with Gasteiger partial charge in [-0.25, -0.2) is 4.98 Å². The molecule has 1 N–H and O–H groups in total. The molecular weight excluding hydrogens is 246 g/mol. The van der Waals surface area contributed by atoms with Crippen molar-refractivity contribution in [2.24, 2.45) is 12.5 Å². The lowest BCUT2D eigenvalue weighted by atomic mass is 9.77. The van der Waals surface area contributed by atoms with Crippen LogP contribution >= 0.6 is 0 Å². The van der Waals surface area contributed by atoms with Crippen molar-refractivity contribution in [2.75, 3.05) is 18.0 Å². The number of rotatable bonds is 3. The van der Waals surface area contributed by atoms with Crippen LogP contribution in [0.15, 0.2) is 17.2 Å². The number of aromatic nitrogens is 2. The summed E-state index contributed by atoms with van der Waals surface area (Å²) in [4.78, 5) is 29.5. The highest BCUT2D eigenvalue weighted by Gasteiger charge is 2.41. The van der Waals surface area contributed by atoms with E-state index in [4.69, 9.17) is 0 Å². The number of hydrogen-bond acceptors (Lipinski definition) is 4. The fourth-order valence-corrected chi connectivity index (χ4v) is 2.63. The average Bonchev–Trinajstić information content (AvgIpc) is 2.41. The molecule has 104 valence electrons. The maximum Gasteiger partial charge on any atom is 0.311 e. The van der Waals surface area contributed by atoms with Crippen molar-refractivity contribution in [3.8, 4) is 0 Å². The second-order valence-corrected chi connectivity index (χ2v) is 5.13. The smallest absolute Gasteiger partial charge is 0.311 e. The van der Waals surface area contributed by atoms with E-state index >= 15 is 0 Å². The van der Waals surface area contributed by atoms with Gasteiger partial charge in [0.25, 0.3) is 5.56 Å². The first kappa shape index (κ1) is 13.6. The fraction of sp³-hybridized carbons (Fsp3) is 0.615. The van der Waals surface area contributed by atoms with Crippen LogP contribution < -0.4 is 10.5 Å². The minimum absolute atomic E-state index is 0.181. The summed E-state index contributed by atoms with van der Waals surface area (Å²) >= 11 is 0. The number of piperidine rings is 1. The predicted molar refractivity (Wildman–Crippen MR) is 71.3 cm³/mol. The molecule has 1 aromatic rings. The van der Waals surface area contributed by atoms with Gasteiger partial charge < -0.3 is 14.6 Å². The molecule has 0 aromatic carbocycles. The zero-order valence-corrected chi connectivity index (χ0v) is 11.3. The van der Waals surface area contributed by atoms with Crippen molar-refractivity contribution >= 4 is 11.8 Å². The molecule has 1 aromatic heterocycles. The monoisotopic (exact) mass is 265 g/mol. The third-order valence-corrected chi connectivity index (χ3v) is 4.01. The van der Waals surface area contributed by atoms with E-state index in [1.165, 1.54) is 4.57 Å². The lowest BCUT2D eigenvalue weighted by Crippen LogP contribution is -2.49. The van der Waals surface area contributed by atoms with Crippen molar-refractivity contribution in [3.63, 3.8) is 0 Å². The maximum absolute atomic E-state index is 12.0. The highest BCUT2D eigenvalue weighted by Crippen LogP contribution is 2.34. The van der Waals surface area contributed by atoms with Crippen molar-refractivity contribution in [2.45, 2.75) is 26.2 Å². The molecule has 1 saturated heterocycles. The van der Waals surface area contributed by atoms with Crippen LogP contribution in [0.4, 0.5) is 5.82 Å². The predicted octanol–water partition coefficient (Wildman–Crippen LogP) is 0.862. The summed E-state index contributed by atoms with van der Waals surface area (Å²) < 4.78 is 1.46. The molecule has 0 saturated carbocycles. The van der Waals surface area contributed by atoms with Crippen LogP contribution in [-0.4, -0.2) is 33.7 Å². The van der Waals surface area contributed by atoms with Gasteiger partial charge in [0.05, 0.1) is 5.41 Å². The Labute approximate surface area is 111 Å². The van der Waals surface area contributed by atoms with Crippen molar-refractivity contribution in [3.05, 3.63) is 22.7 Å². The van der Waals surface area contributed by atoms with E-state index in [0.717, 1.165) is 6.42 Å². The Morgan fingerprint density at radius 2 is 2.32 bits per heavy atom. The Morgan fingerprint density at radius 1 is 1.58 bits per heavy atom. The second kappa shape index (κ2) is 5.03. The summed E-state index contributed by atoms with van der Waals surface area (Å²) in [6, 6.07) is 0. The third kappa shape index (κ3) is 2.34. The molecule has 2 rings (SSSR count). The van der Waals surface area contributed by atoms with Crippen LogP contribution in [-0.2, 0) is 11.8 Å². The Balaban J connectivity index is 2.34. The molecule has 1 atom stereocenters. The molecule has 1 aliphatic rings. The van der Waals surface area contributed by atoms with Gasteiger partial charge >= 0.3 is 5.97 Å². The number of hydrogen-bond donors (Lipinski definition) is 1. The fourth-order valence-electron chi connectivity index (χ4n) is 2.63. The van der Waals surface area contributed by atoms with Gasteiger partial charge in [-0.1, -0.05) is 6.92 Å². The van der Waals surface area contributed by atoms with Crippen molar-refractivity contribution in [1.29, 1.82) is 0 Å². The molecule has 6 nitrogen and oxygen atoms in total. The molecule has 0 aliphatic carbocycles. The third-order valence-electron chi connectivity index (χ3n) is 4.01. The number of aliphatic carboxylic acids is 1. The first-order valence-electron chi connectivity index (χ1n) is 6.50. The normalized spacial score (nSPS) is 23.4. The second-order valence-electron chi connectivity index (χ2n) is 5.13. The number of carboxylic acids is 1. The van der Waals surface area contributed by atoms with Gasteiger partial charge in [0.2, 0.25) is 0 Å². The highest BCUT2D eigenvalue weighted by molar-refractivity contribution is 5.75. The van der Waals surface area contributed by atoms with E-state index < -0.39 is 11.4 Å². The standard InChI is InChI=1S/C13H19N3O3/c1-3-13(12(18)19)5-4-7-16(9-13)10-11(17)15(2)8-6-14-10/h6,8H,3-5,7,9H2,1-2H3,(H,18,19). The number of nitrogens with zero attached hydrogens (tertiary/aromatic N) is 3. The Morgan fingerprint density at radius 3 is 2.95 bits per heavy atom. The van der Waals surface area contributed by atoms with Gasteiger partial charge in [0, 0.05) is 32.5 Å². The zero-order valence-electron chi connectivity index (χ0n) is 11.3. The molecular formula is C13H19N3O3. The summed E-state index contributed by atoms with van der Waals surface area (Å²) in [5, 5.41) is 9.45. The molecule has 0 spiro atoms. The van der Waals surface area contributed by atoms with Crippen molar-refractivity contribution < 1.29 is 9.90 Å². The van der Waals surface area contributed by atoms with E-state index in [1.807, 2.05) is 11.8 Å². The van der Waals surface area contributed by atoms with Crippen molar-refractivity contribution in [1.82, 2.24) is 9.55 Å². The van der Waals surface area contributed by atoms with Gasteiger partial charge in [-0.15, -0.1) is 0 Å². The molecule has 1 aliphatic heterocycles. The minimum Gasteiger partial charge on any atom is -0.481 e. The highest BCUT2D eigenvalue weighted by atomic mass is 16.4. The summed E-state index contributed by atoms with van der Waals surface area (Å²) in [6.45, 7) is 2.92. The number of carboxylic acid groups (broad SMARTS) is 1. The van der Waals surface area contributed by atoms with E-state index in [2.05, 4.69) is 4.98 Å². The van der Waals surface area contributed by atoms with Crippen LogP contribution in [0.1, 0.15) is 26.2 Å². The van der Waals surface area contributed by atoms with Crippen LogP contribution in [0, 0.1) is 5.41 Å². The summed E-state index contributed by atoms with van der Waals surface area (Å²) in [7, 11) is 1.67. The molecule has 0 radical (unpaired) electrons. The van der Waals surface area contributed by atoms with E-state index in [9.17, 15) is 14.7 Å². The van der Waals surface area contributed by atoms with Crippen LogP contribution in [0.3, 0.4) is 0 Å². The summed E-state index contributed by atoms with van der Waals surface area (Å²) in [5.74, 6) is -0.434. The van der Waals surface area contributed by atoms with Gasteiger partial charge in [0.15, 0.2) is 5.82 Å². The number of carbonyl (C=O) groups is 1. The topological polar surface area (TPSA) is 75.4 Å². The zero-order chi connectivity index (χ0) is 14.0. The van der Waals surface area contributed by atoms with Crippen LogP contribution in [0.25, 0.3) is 0 Å². The van der Waals surface area contributed by atoms with Gasteiger partial charge in [0.1, 0.15) is 0 Å². The molecule has 19 heavy (non-hydrogen) atoms. The minimum atomic E-state index is -0.785. The molecule has 0 bridgehead atoms. The molecule has 1 fully saturated rings. The number of anilines is 1. The van der Waals surface area contributed by atoms with Crippen LogP contribution in [0.5, 0.6) is 0 Å². The lowest BCUT2D eigenvalue weighted by molar-refractivity contribution is -0.149. The van der Waals surface area contributed by atoms with Gasteiger partial charge in [-0.05, 0) is 19.3 Å². The Bertz CT molecular complexity index is 540. The summed E-state index contributed by atoms with van der Waals surface area (Å²) in [5.41, 5.74) is -0.944. The SMILES string of the molecule is CCC1(C(=O)O)CCCN(c2nccn(C)c2=O)C1. The molecule has 6 heteroatoms. The van der Waals surface area contributed by atoms with Gasteiger partial charge in [-0.3, -0.25) is 9.59 Å². The first-order chi connectivity index (χ1) is 9.00. The lowest BCUT2D eigenvalue weighted by Gasteiger charge is -2.39. The van der Waals surface area contributed by atoms with Gasteiger partial charge in [-0.2, -0.15) is 0 Å².